The van der Waals surface area contributed by atoms with Crippen molar-refractivity contribution in [2.75, 3.05) is 5.75 Å². The topological polar surface area (TPSA) is 63.3 Å². The molecule has 1 aliphatic rings. The SMILES string of the molecule is NC1CCCC(SCCC(=O)O)C1. The van der Waals surface area contributed by atoms with Crippen LogP contribution in [0, 0.1) is 0 Å². The third-order valence-corrected chi connectivity index (χ3v) is 3.68. The number of hydrogen-bond acceptors (Lipinski definition) is 3. The fourth-order valence-corrected chi connectivity index (χ4v) is 2.99. The number of carbonyl (C=O) groups is 1. The summed E-state index contributed by atoms with van der Waals surface area (Å²) in [5, 5.41) is 9.06. The van der Waals surface area contributed by atoms with Gasteiger partial charge in [-0.25, -0.2) is 0 Å². The second kappa shape index (κ2) is 5.50. The van der Waals surface area contributed by atoms with Crippen LogP contribution in [0.3, 0.4) is 0 Å². The molecule has 0 saturated heterocycles. The Morgan fingerprint density at radius 2 is 2.31 bits per heavy atom. The van der Waals surface area contributed by atoms with Gasteiger partial charge < -0.3 is 10.8 Å². The summed E-state index contributed by atoms with van der Waals surface area (Å²) in [5.41, 5.74) is 5.83. The van der Waals surface area contributed by atoms with Crippen LogP contribution in [0.5, 0.6) is 0 Å². The van der Waals surface area contributed by atoms with Gasteiger partial charge in [-0.05, 0) is 19.3 Å². The van der Waals surface area contributed by atoms with E-state index >= 15 is 0 Å². The monoisotopic (exact) mass is 203 g/mol. The van der Waals surface area contributed by atoms with Crippen LogP contribution in [-0.2, 0) is 4.79 Å². The fourth-order valence-electron chi connectivity index (χ4n) is 1.65. The predicted molar refractivity (Wildman–Crippen MR) is 54.9 cm³/mol. The molecule has 2 unspecified atom stereocenters. The minimum Gasteiger partial charge on any atom is -0.481 e. The smallest absolute Gasteiger partial charge is 0.304 e. The molecule has 0 heterocycles. The number of carboxylic acids is 1. The van der Waals surface area contributed by atoms with Crippen molar-refractivity contribution in [2.24, 2.45) is 5.73 Å². The molecule has 76 valence electrons. The molecule has 0 aliphatic heterocycles. The zero-order valence-corrected chi connectivity index (χ0v) is 8.55. The first-order valence-electron chi connectivity index (χ1n) is 4.77. The average molecular weight is 203 g/mol. The van der Waals surface area contributed by atoms with Gasteiger partial charge in [-0.1, -0.05) is 6.42 Å². The quantitative estimate of drug-likeness (QED) is 0.726. The molecule has 1 aliphatic carbocycles. The molecule has 1 saturated carbocycles. The van der Waals surface area contributed by atoms with Crippen molar-refractivity contribution < 1.29 is 9.90 Å². The van der Waals surface area contributed by atoms with Crippen molar-refractivity contribution in [1.29, 1.82) is 0 Å². The van der Waals surface area contributed by atoms with Gasteiger partial charge in [0.05, 0.1) is 6.42 Å². The van der Waals surface area contributed by atoms with E-state index in [0.717, 1.165) is 18.6 Å². The molecule has 3 nitrogen and oxygen atoms in total. The number of aliphatic carboxylic acids is 1. The van der Waals surface area contributed by atoms with Gasteiger partial charge in [0.1, 0.15) is 0 Å². The largest absolute Gasteiger partial charge is 0.481 e. The van der Waals surface area contributed by atoms with Gasteiger partial charge in [0.25, 0.3) is 0 Å². The Morgan fingerprint density at radius 1 is 1.54 bits per heavy atom. The fraction of sp³-hybridized carbons (Fsp3) is 0.889. The van der Waals surface area contributed by atoms with E-state index in [9.17, 15) is 4.79 Å². The maximum atomic E-state index is 10.3. The van der Waals surface area contributed by atoms with Crippen molar-refractivity contribution >= 4 is 17.7 Å². The summed E-state index contributed by atoms with van der Waals surface area (Å²) in [6.07, 6.45) is 4.88. The van der Waals surface area contributed by atoms with Crippen LogP contribution in [0.25, 0.3) is 0 Å². The first-order valence-corrected chi connectivity index (χ1v) is 5.82. The minimum atomic E-state index is -0.701. The molecular weight excluding hydrogens is 186 g/mol. The third-order valence-electron chi connectivity index (χ3n) is 2.34. The van der Waals surface area contributed by atoms with E-state index in [1.165, 1.54) is 12.8 Å². The molecule has 0 spiro atoms. The Bertz CT molecular complexity index is 175. The second-order valence-corrected chi connectivity index (χ2v) is 4.97. The number of nitrogens with two attached hydrogens (primary N) is 1. The molecule has 13 heavy (non-hydrogen) atoms. The molecule has 0 aromatic carbocycles. The number of carboxylic acid groups (broad SMARTS) is 1. The van der Waals surface area contributed by atoms with Crippen molar-refractivity contribution in [3.8, 4) is 0 Å². The number of rotatable bonds is 4. The second-order valence-electron chi connectivity index (χ2n) is 3.56. The first-order chi connectivity index (χ1) is 6.18. The van der Waals surface area contributed by atoms with Crippen LogP contribution < -0.4 is 5.73 Å². The van der Waals surface area contributed by atoms with Gasteiger partial charge in [-0.15, -0.1) is 0 Å². The van der Waals surface area contributed by atoms with Gasteiger partial charge >= 0.3 is 5.97 Å². The highest BCUT2D eigenvalue weighted by Crippen LogP contribution is 2.27. The van der Waals surface area contributed by atoms with E-state index in [0.29, 0.717) is 11.3 Å². The Kier molecular flexibility index (Phi) is 4.59. The van der Waals surface area contributed by atoms with Crippen LogP contribution in [0.2, 0.25) is 0 Å². The van der Waals surface area contributed by atoms with E-state index in [-0.39, 0.29) is 6.42 Å². The highest BCUT2D eigenvalue weighted by molar-refractivity contribution is 7.99. The molecule has 1 rings (SSSR count). The Morgan fingerprint density at radius 3 is 2.92 bits per heavy atom. The lowest BCUT2D eigenvalue weighted by atomic mass is 9.96. The minimum absolute atomic E-state index is 0.274. The maximum Gasteiger partial charge on any atom is 0.304 e. The molecule has 3 N–H and O–H groups in total. The molecule has 0 bridgehead atoms. The summed E-state index contributed by atoms with van der Waals surface area (Å²) in [7, 11) is 0. The number of thioether (sulfide) groups is 1. The normalized spacial score (nSPS) is 28.7. The van der Waals surface area contributed by atoms with Crippen molar-refractivity contribution in [2.45, 2.75) is 43.4 Å². The van der Waals surface area contributed by atoms with Crippen LogP contribution in [0.4, 0.5) is 0 Å². The highest BCUT2D eigenvalue weighted by atomic mass is 32.2. The van der Waals surface area contributed by atoms with Gasteiger partial charge in [0.2, 0.25) is 0 Å². The molecule has 1 fully saturated rings. The zero-order valence-electron chi connectivity index (χ0n) is 7.74. The molecule has 0 radical (unpaired) electrons. The van der Waals surface area contributed by atoms with Crippen molar-refractivity contribution in [3.05, 3.63) is 0 Å². The zero-order chi connectivity index (χ0) is 9.68. The lowest BCUT2D eigenvalue weighted by molar-refractivity contribution is -0.136. The highest BCUT2D eigenvalue weighted by Gasteiger charge is 2.19. The summed E-state index contributed by atoms with van der Waals surface area (Å²) >= 11 is 1.77. The summed E-state index contributed by atoms with van der Waals surface area (Å²) in [6.45, 7) is 0. The van der Waals surface area contributed by atoms with Crippen LogP contribution in [-0.4, -0.2) is 28.1 Å². The number of hydrogen-bond donors (Lipinski definition) is 2. The summed E-state index contributed by atoms with van der Waals surface area (Å²) < 4.78 is 0. The van der Waals surface area contributed by atoms with Gasteiger partial charge in [-0.2, -0.15) is 11.8 Å². The summed E-state index contributed by atoms with van der Waals surface area (Å²) in [5.74, 6) is 0.0276. The van der Waals surface area contributed by atoms with E-state index in [1.54, 1.807) is 11.8 Å². The van der Waals surface area contributed by atoms with E-state index in [1.807, 2.05) is 0 Å². The average Bonchev–Trinajstić information content (AvgIpc) is 2.03. The van der Waals surface area contributed by atoms with E-state index in [4.69, 9.17) is 10.8 Å². The predicted octanol–water partition coefficient (Wildman–Crippen LogP) is 1.46. The molecule has 4 heteroatoms. The maximum absolute atomic E-state index is 10.3. The van der Waals surface area contributed by atoms with Crippen LogP contribution in [0.1, 0.15) is 32.1 Å². The van der Waals surface area contributed by atoms with Gasteiger partial charge in [0.15, 0.2) is 0 Å². The van der Waals surface area contributed by atoms with Crippen molar-refractivity contribution in [3.63, 3.8) is 0 Å². The summed E-state index contributed by atoms with van der Waals surface area (Å²) in [6, 6.07) is 0.344. The molecular formula is C9H17NO2S. The molecule has 0 aromatic rings. The lowest BCUT2D eigenvalue weighted by Crippen LogP contribution is -2.29. The Labute approximate surface area is 83.1 Å². The standard InChI is InChI=1S/C9H17NO2S/c10-7-2-1-3-8(6-7)13-5-4-9(11)12/h7-8H,1-6,10H2,(H,11,12). The van der Waals surface area contributed by atoms with Crippen LogP contribution in [0.15, 0.2) is 0 Å². The Hall–Kier alpha value is -0.220. The van der Waals surface area contributed by atoms with E-state index < -0.39 is 5.97 Å². The van der Waals surface area contributed by atoms with E-state index in [2.05, 4.69) is 0 Å². The first kappa shape index (κ1) is 10.9. The molecule has 0 amide bonds. The third kappa shape index (κ3) is 4.52. The Balaban J connectivity index is 2.10. The van der Waals surface area contributed by atoms with Gasteiger partial charge in [0, 0.05) is 17.0 Å². The summed E-state index contributed by atoms with van der Waals surface area (Å²) in [4.78, 5) is 10.3. The van der Waals surface area contributed by atoms with Crippen molar-refractivity contribution in [1.82, 2.24) is 0 Å². The van der Waals surface area contributed by atoms with Crippen LogP contribution >= 0.6 is 11.8 Å². The lowest BCUT2D eigenvalue weighted by Gasteiger charge is -2.25. The molecule has 0 aromatic heterocycles. The van der Waals surface area contributed by atoms with Gasteiger partial charge in [-0.3, -0.25) is 4.79 Å². The molecule has 2 atom stereocenters.